The molecule has 184 valence electrons. The van der Waals surface area contributed by atoms with E-state index in [0.717, 1.165) is 22.8 Å². The molecule has 0 aliphatic carbocycles. The number of amides is 2. The summed E-state index contributed by atoms with van der Waals surface area (Å²) in [7, 11) is 1.64. The average Bonchev–Trinajstić information content (AvgIpc) is 3.41. The van der Waals surface area contributed by atoms with E-state index in [0.29, 0.717) is 31.9 Å². The van der Waals surface area contributed by atoms with E-state index in [1.54, 1.807) is 29.2 Å². The monoisotopic (exact) mass is 477 g/mol. The van der Waals surface area contributed by atoms with Crippen LogP contribution < -0.4 is 9.64 Å². The normalized spacial score (nSPS) is 13.7. The molecule has 2 amide bonds. The minimum absolute atomic E-state index is 0.0358. The molecule has 1 aromatic carbocycles. The van der Waals surface area contributed by atoms with Crippen LogP contribution in [0, 0.1) is 5.92 Å². The van der Waals surface area contributed by atoms with Crippen molar-refractivity contribution in [2.75, 3.05) is 44.7 Å². The summed E-state index contributed by atoms with van der Waals surface area (Å²) in [6.07, 6.45) is 1.57. The molecule has 0 spiro atoms. The minimum Gasteiger partial charge on any atom is -0.497 e. The Hall–Kier alpha value is -3.88. The quantitative estimate of drug-likeness (QED) is 0.492. The number of hydrogen-bond acceptors (Lipinski definition) is 7. The summed E-state index contributed by atoms with van der Waals surface area (Å²) in [5.74, 6) is 1.90. The summed E-state index contributed by atoms with van der Waals surface area (Å²) in [6.45, 7) is 6.41. The first-order valence-corrected chi connectivity index (χ1v) is 11.8. The van der Waals surface area contributed by atoms with E-state index in [1.165, 1.54) is 0 Å². The molecule has 0 radical (unpaired) electrons. The zero-order chi connectivity index (χ0) is 24.8. The number of furan rings is 1. The van der Waals surface area contributed by atoms with E-state index < -0.39 is 0 Å². The van der Waals surface area contributed by atoms with E-state index in [1.807, 2.05) is 56.3 Å². The van der Waals surface area contributed by atoms with Crippen LogP contribution >= 0.6 is 0 Å². The maximum absolute atomic E-state index is 13.0. The van der Waals surface area contributed by atoms with Gasteiger partial charge in [-0.2, -0.15) is 0 Å². The van der Waals surface area contributed by atoms with Crippen LogP contribution in [0.15, 0.2) is 59.2 Å². The van der Waals surface area contributed by atoms with Crippen LogP contribution in [-0.4, -0.2) is 71.6 Å². The van der Waals surface area contributed by atoms with Crippen LogP contribution in [0.25, 0.3) is 11.3 Å². The summed E-state index contributed by atoms with van der Waals surface area (Å²) in [5, 5.41) is 8.78. The van der Waals surface area contributed by atoms with E-state index in [2.05, 4.69) is 15.1 Å². The highest BCUT2D eigenvalue weighted by atomic mass is 16.5. The largest absolute Gasteiger partial charge is 0.497 e. The van der Waals surface area contributed by atoms with Crippen molar-refractivity contribution in [2.45, 2.75) is 20.4 Å². The Bertz CT molecular complexity index is 1110. The van der Waals surface area contributed by atoms with Gasteiger partial charge in [0.15, 0.2) is 5.82 Å². The molecule has 9 nitrogen and oxygen atoms in total. The second kappa shape index (κ2) is 11.0. The number of nitrogens with zero attached hydrogens (tertiary/aromatic N) is 5. The maximum atomic E-state index is 13.0. The fourth-order valence-corrected chi connectivity index (χ4v) is 4.03. The molecular weight excluding hydrogens is 446 g/mol. The van der Waals surface area contributed by atoms with Crippen LogP contribution in [0.2, 0.25) is 0 Å². The van der Waals surface area contributed by atoms with E-state index in [4.69, 9.17) is 9.15 Å². The molecule has 3 aromatic rings. The van der Waals surface area contributed by atoms with Crippen LogP contribution in [-0.2, 0) is 16.1 Å². The van der Waals surface area contributed by atoms with E-state index >= 15 is 0 Å². The number of benzene rings is 1. The van der Waals surface area contributed by atoms with Crippen LogP contribution in [0.3, 0.4) is 0 Å². The maximum Gasteiger partial charge on any atom is 0.242 e. The Labute approximate surface area is 205 Å². The first kappa shape index (κ1) is 24.3. The van der Waals surface area contributed by atoms with Gasteiger partial charge in [-0.25, -0.2) is 0 Å². The third-order valence-electron chi connectivity index (χ3n) is 6.05. The number of carbonyl (C=O) groups excluding carboxylic acids is 2. The van der Waals surface area contributed by atoms with Gasteiger partial charge in [-0.05, 0) is 48.5 Å². The number of piperazine rings is 1. The van der Waals surface area contributed by atoms with Crippen molar-refractivity contribution in [2.24, 2.45) is 5.92 Å². The number of ether oxygens (including phenoxy) is 1. The SMILES string of the molecule is COc1ccc(-c2ccc(N3CCN(C(=O)CN(Cc4ccco4)C(=O)C(C)C)CC3)nn2)cc1. The van der Waals surface area contributed by atoms with Gasteiger partial charge in [-0.3, -0.25) is 9.59 Å². The molecule has 1 aliphatic rings. The van der Waals surface area contributed by atoms with Gasteiger partial charge in [-0.15, -0.1) is 10.2 Å². The Morgan fingerprint density at radius 3 is 2.34 bits per heavy atom. The van der Waals surface area contributed by atoms with Crippen molar-refractivity contribution in [3.63, 3.8) is 0 Å². The molecule has 9 heteroatoms. The predicted octanol–water partition coefficient (Wildman–Crippen LogP) is 3.08. The Morgan fingerprint density at radius 2 is 1.77 bits per heavy atom. The van der Waals surface area contributed by atoms with Gasteiger partial charge >= 0.3 is 0 Å². The summed E-state index contributed by atoms with van der Waals surface area (Å²) in [4.78, 5) is 31.2. The molecule has 0 saturated carbocycles. The van der Waals surface area contributed by atoms with Gasteiger partial charge < -0.3 is 23.9 Å². The fraction of sp³-hybridized carbons (Fsp3) is 0.385. The molecule has 0 atom stereocenters. The first-order chi connectivity index (χ1) is 16.9. The number of aromatic nitrogens is 2. The molecule has 0 bridgehead atoms. The smallest absolute Gasteiger partial charge is 0.242 e. The average molecular weight is 478 g/mol. The highest BCUT2D eigenvalue weighted by Crippen LogP contribution is 2.22. The van der Waals surface area contributed by atoms with Gasteiger partial charge in [0.25, 0.3) is 0 Å². The highest BCUT2D eigenvalue weighted by Gasteiger charge is 2.27. The topological polar surface area (TPSA) is 92.0 Å². The van der Waals surface area contributed by atoms with Gasteiger partial charge in [0.1, 0.15) is 18.1 Å². The Morgan fingerprint density at radius 1 is 1.03 bits per heavy atom. The minimum atomic E-state index is -0.200. The molecule has 1 saturated heterocycles. The lowest BCUT2D eigenvalue weighted by molar-refractivity contribution is -0.143. The Balaban J connectivity index is 1.33. The summed E-state index contributed by atoms with van der Waals surface area (Å²) < 4.78 is 10.6. The Kier molecular flexibility index (Phi) is 7.64. The van der Waals surface area contributed by atoms with Crippen LogP contribution in [0.4, 0.5) is 5.82 Å². The van der Waals surface area contributed by atoms with Gasteiger partial charge in [0.2, 0.25) is 11.8 Å². The lowest BCUT2D eigenvalue weighted by atomic mass is 10.1. The zero-order valence-electron chi connectivity index (χ0n) is 20.4. The molecule has 0 unspecified atom stereocenters. The lowest BCUT2D eigenvalue weighted by Crippen LogP contribution is -2.52. The number of methoxy groups -OCH3 is 1. The standard InChI is InChI=1S/C26H31N5O4/c1-19(2)26(33)31(17-22-5-4-16-35-22)18-25(32)30-14-12-29(13-15-30)24-11-10-23(27-28-24)20-6-8-21(34-3)9-7-20/h4-11,16,19H,12-15,17-18H2,1-3H3. The predicted molar refractivity (Wildman–Crippen MR) is 132 cm³/mol. The third-order valence-corrected chi connectivity index (χ3v) is 6.05. The number of anilines is 1. The van der Waals surface area contributed by atoms with Crippen molar-refractivity contribution in [3.8, 4) is 17.0 Å². The lowest BCUT2D eigenvalue weighted by Gasteiger charge is -2.36. The number of rotatable bonds is 8. The van der Waals surface area contributed by atoms with Gasteiger partial charge in [0, 0.05) is 37.7 Å². The van der Waals surface area contributed by atoms with Crippen molar-refractivity contribution < 1.29 is 18.7 Å². The van der Waals surface area contributed by atoms with Crippen LogP contribution in [0.5, 0.6) is 5.75 Å². The second-order valence-electron chi connectivity index (χ2n) is 8.80. The third kappa shape index (κ3) is 5.98. The summed E-state index contributed by atoms with van der Waals surface area (Å²) >= 11 is 0. The second-order valence-corrected chi connectivity index (χ2v) is 8.80. The van der Waals surface area contributed by atoms with Gasteiger partial charge in [-0.1, -0.05) is 13.8 Å². The molecular formula is C26H31N5O4. The number of hydrogen-bond donors (Lipinski definition) is 0. The van der Waals surface area contributed by atoms with Gasteiger partial charge in [0.05, 0.1) is 25.6 Å². The molecule has 4 rings (SSSR count). The summed E-state index contributed by atoms with van der Waals surface area (Å²) in [6, 6.07) is 15.2. The molecule has 0 N–H and O–H groups in total. The van der Waals surface area contributed by atoms with Crippen molar-refractivity contribution in [1.29, 1.82) is 0 Å². The van der Waals surface area contributed by atoms with Crippen molar-refractivity contribution in [1.82, 2.24) is 20.0 Å². The molecule has 1 fully saturated rings. The zero-order valence-corrected chi connectivity index (χ0v) is 20.4. The van der Waals surface area contributed by atoms with E-state index in [-0.39, 0.29) is 30.8 Å². The van der Waals surface area contributed by atoms with Crippen LogP contribution in [0.1, 0.15) is 19.6 Å². The van der Waals surface area contributed by atoms with E-state index in [9.17, 15) is 9.59 Å². The van der Waals surface area contributed by atoms with Crippen molar-refractivity contribution in [3.05, 3.63) is 60.6 Å². The molecule has 35 heavy (non-hydrogen) atoms. The first-order valence-electron chi connectivity index (χ1n) is 11.8. The fourth-order valence-electron chi connectivity index (χ4n) is 4.03. The highest BCUT2D eigenvalue weighted by molar-refractivity contribution is 5.85. The van der Waals surface area contributed by atoms with Crippen molar-refractivity contribution >= 4 is 17.6 Å². The molecule has 2 aromatic heterocycles. The molecule has 1 aliphatic heterocycles. The number of carbonyl (C=O) groups is 2. The molecule has 3 heterocycles. The summed E-state index contributed by atoms with van der Waals surface area (Å²) in [5.41, 5.74) is 1.76.